The molecule has 0 aliphatic heterocycles. The zero-order valence-electron chi connectivity index (χ0n) is 8.40. The maximum absolute atomic E-state index is 5.36. The lowest BCUT2D eigenvalue weighted by Gasteiger charge is -2.02. The van der Waals surface area contributed by atoms with Gasteiger partial charge in [-0.1, -0.05) is 0 Å². The number of nitrogens with one attached hydrogen (secondary N) is 1. The molecule has 1 N–H and O–H groups in total. The SMILES string of the molecule is Cn1ccnc1CNCc1ccc(Br)o1. The third kappa shape index (κ3) is 2.70. The third-order valence-electron chi connectivity index (χ3n) is 2.13. The van der Waals surface area contributed by atoms with Gasteiger partial charge in [0.05, 0.1) is 13.1 Å². The molecule has 0 atom stereocenters. The predicted molar refractivity (Wildman–Crippen MR) is 60.2 cm³/mol. The topological polar surface area (TPSA) is 43.0 Å². The molecule has 0 spiro atoms. The highest BCUT2D eigenvalue weighted by Crippen LogP contribution is 2.13. The van der Waals surface area contributed by atoms with Crippen molar-refractivity contribution in [2.24, 2.45) is 7.05 Å². The second-order valence-corrected chi connectivity index (χ2v) is 4.05. The molecule has 0 aromatic carbocycles. The van der Waals surface area contributed by atoms with E-state index < -0.39 is 0 Å². The van der Waals surface area contributed by atoms with Crippen LogP contribution in [0.1, 0.15) is 11.6 Å². The Kier molecular flexibility index (Phi) is 3.23. The molecule has 0 aliphatic rings. The Morgan fingerprint density at radius 1 is 1.47 bits per heavy atom. The molecule has 2 heterocycles. The smallest absolute Gasteiger partial charge is 0.169 e. The number of imidazole rings is 1. The Morgan fingerprint density at radius 2 is 2.33 bits per heavy atom. The molecule has 80 valence electrons. The standard InChI is InChI=1S/C10H12BrN3O/c1-14-5-4-13-10(14)7-12-6-8-2-3-9(11)15-8/h2-5,12H,6-7H2,1H3. The van der Waals surface area contributed by atoms with Crippen molar-refractivity contribution in [2.45, 2.75) is 13.1 Å². The summed E-state index contributed by atoms with van der Waals surface area (Å²) in [7, 11) is 1.98. The molecule has 0 aliphatic carbocycles. The van der Waals surface area contributed by atoms with Crippen molar-refractivity contribution in [1.29, 1.82) is 0 Å². The minimum absolute atomic E-state index is 0.707. The van der Waals surface area contributed by atoms with Gasteiger partial charge in [0, 0.05) is 19.4 Å². The number of aryl methyl sites for hydroxylation is 1. The van der Waals surface area contributed by atoms with E-state index in [0.29, 0.717) is 6.54 Å². The van der Waals surface area contributed by atoms with Gasteiger partial charge in [-0.25, -0.2) is 4.98 Å². The Bertz CT molecular complexity index is 435. The number of halogens is 1. The van der Waals surface area contributed by atoms with Crippen LogP contribution in [0.15, 0.2) is 33.6 Å². The third-order valence-corrected chi connectivity index (χ3v) is 2.56. The zero-order chi connectivity index (χ0) is 10.7. The summed E-state index contributed by atoms with van der Waals surface area (Å²) >= 11 is 3.26. The van der Waals surface area contributed by atoms with Crippen LogP contribution in [0.5, 0.6) is 0 Å². The first-order valence-electron chi connectivity index (χ1n) is 4.67. The quantitative estimate of drug-likeness (QED) is 0.924. The molecule has 5 heteroatoms. The Balaban J connectivity index is 1.83. The molecule has 0 unspecified atom stereocenters. The summed E-state index contributed by atoms with van der Waals surface area (Å²) in [6, 6.07) is 3.83. The van der Waals surface area contributed by atoms with Crippen molar-refractivity contribution in [3.8, 4) is 0 Å². The van der Waals surface area contributed by atoms with E-state index in [2.05, 4.69) is 26.2 Å². The predicted octanol–water partition coefficient (Wildman–Crippen LogP) is 2.07. The summed E-state index contributed by atoms with van der Waals surface area (Å²) in [6.45, 7) is 1.44. The maximum Gasteiger partial charge on any atom is 0.169 e. The van der Waals surface area contributed by atoms with Gasteiger partial charge in [0.1, 0.15) is 11.6 Å². The molecule has 0 bridgehead atoms. The highest BCUT2D eigenvalue weighted by Gasteiger charge is 2.01. The van der Waals surface area contributed by atoms with Gasteiger partial charge in [0.25, 0.3) is 0 Å². The van der Waals surface area contributed by atoms with E-state index >= 15 is 0 Å². The van der Waals surface area contributed by atoms with Gasteiger partial charge in [0.15, 0.2) is 4.67 Å². The molecule has 0 amide bonds. The van der Waals surface area contributed by atoms with Gasteiger partial charge in [-0.15, -0.1) is 0 Å². The van der Waals surface area contributed by atoms with Gasteiger partial charge in [0.2, 0.25) is 0 Å². The van der Waals surface area contributed by atoms with Crippen molar-refractivity contribution < 1.29 is 4.42 Å². The van der Waals surface area contributed by atoms with Gasteiger partial charge >= 0.3 is 0 Å². The van der Waals surface area contributed by atoms with Gasteiger partial charge in [-0.3, -0.25) is 0 Å². The largest absolute Gasteiger partial charge is 0.453 e. The van der Waals surface area contributed by atoms with Crippen LogP contribution >= 0.6 is 15.9 Å². The minimum Gasteiger partial charge on any atom is -0.453 e. The monoisotopic (exact) mass is 269 g/mol. The molecule has 0 fully saturated rings. The number of hydrogen-bond acceptors (Lipinski definition) is 3. The average molecular weight is 270 g/mol. The van der Waals surface area contributed by atoms with Gasteiger partial charge in [-0.05, 0) is 28.1 Å². The molecule has 2 rings (SSSR count). The van der Waals surface area contributed by atoms with Crippen LogP contribution in [0.3, 0.4) is 0 Å². The van der Waals surface area contributed by atoms with E-state index in [0.717, 1.165) is 22.8 Å². The second-order valence-electron chi connectivity index (χ2n) is 3.26. The van der Waals surface area contributed by atoms with E-state index in [1.165, 1.54) is 0 Å². The molecular formula is C10H12BrN3O. The van der Waals surface area contributed by atoms with Crippen LogP contribution in [0.4, 0.5) is 0 Å². The summed E-state index contributed by atoms with van der Waals surface area (Å²) < 4.78 is 8.11. The number of furan rings is 1. The summed E-state index contributed by atoms with van der Waals surface area (Å²) in [5, 5.41) is 3.26. The summed E-state index contributed by atoms with van der Waals surface area (Å²) in [4.78, 5) is 4.21. The molecule has 0 saturated heterocycles. The van der Waals surface area contributed by atoms with Gasteiger partial charge in [-0.2, -0.15) is 0 Å². The lowest BCUT2D eigenvalue weighted by atomic mass is 10.4. The van der Waals surface area contributed by atoms with E-state index in [9.17, 15) is 0 Å². The molecule has 15 heavy (non-hydrogen) atoms. The number of rotatable bonds is 4. The fraction of sp³-hybridized carbons (Fsp3) is 0.300. The van der Waals surface area contributed by atoms with Crippen LogP contribution in [0, 0.1) is 0 Å². The van der Waals surface area contributed by atoms with Crippen LogP contribution in [-0.4, -0.2) is 9.55 Å². The Morgan fingerprint density at radius 3 is 2.93 bits per heavy atom. The fourth-order valence-corrected chi connectivity index (χ4v) is 1.65. The molecule has 0 radical (unpaired) electrons. The maximum atomic E-state index is 5.36. The van der Waals surface area contributed by atoms with E-state index in [1.807, 2.05) is 29.9 Å². The molecular weight excluding hydrogens is 258 g/mol. The summed E-state index contributed by atoms with van der Waals surface area (Å²) in [5.41, 5.74) is 0. The Hall–Kier alpha value is -1.07. The van der Waals surface area contributed by atoms with Gasteiger partial charge < -0.3 is 14.3 Å². The van der Waals surface area contributed by atoms with Crippen molar-refractivity contribution in [2.75, 3.05) is 0 Å². The first-order chi connectivity index (χ1) is 7.25. The number of nitrogens with zero attached hydrogens (tertiary/aromatic N) is 2. The number of hydrogen-bond donors (Lipinski definition) is 1. The Labute approximate surface area is 96.4 Å². The minimum atomic E-state index is 0.707. The molecule has 2 aromatic heterocycles. The van der Waals surface area contributed by atoms with Crippen molar-refractivity contribution >= 4 is 15.9 Å². The number of aromatic nitrogens is 2. The first kappa shape index (κ1) is 10.4. The van der Waals surface area contributed by atoms with Crippen molar-refractivity contribution in [1.82, 2.24) is 14.9 Å². The summed E-state index contributed by atoms with van der Waals surface area (Å²) in [6.07, 6.45) is 3.72. The molecule has 0 saturated carbocycles. The highest BCUT2D eigenvalue weighted by atomic mass is 79.9. The molecule has 2 aromatic rings. The van der Waals surface area contributed by atoms with Crippen LogP contribution in [0.2, 0.25) is 0 Å². The normalized spacial score (nSPS) is 10.8. The zero-order valence-corrected chi connectivity index (χ0v) is 9.99. The lowest BCUT2D eigenvalue weighted by molar-refractivity contribution is 0.462. The van der Waals surface area contributed by atoms with Crippen molar-refractivity contribution in [3.63, 3.8) is 0 Å². The second kappa shape index (κ2) is 4.63. The van der Waals surface area contributed by atoms with E-state index in [1.54, 1.807) is 6.20 Å². The van der Waals surface area contributed by atoms with Crippen LogP contribution in [-0.2, 0) is 20.1 Å². The van der Waals surface area contributed by atoms with Crippen LogP contribution < -0.4 is 5.32 Å². The summed E-state index contributed by atoms with van der Waals surface area (Å²) in [5.74, 6) is 1.93. The average Bonchev–Trinajstić information content (AvgIpc) is 2.77. The highest BCUT2D eigenvalue weighted by molar-refractivity contribution is 9.10. The lowest BCUT2D eigenvalue weighted by Crippen LogP contribution is -2.15. The van der Waals surface area contributed by atoms with E-state index in [-0.39, 0.29) is 0 Å². The van der Waals surface area contributed by atoms with Crippen LogP contribution in [0.25, 0.3) is 0 Å². The van der Waals surface area contributed by atoms with E-state index in [4.69, 9.17) is 4.42 Å². The molecule has 4 nitrogen and oxygen atoms in total. The first-order valence-corrected chi connectivity index (χ1v) is 5.46. The van der Waals surface area contributed by atoms with Crippen molar-refractivity contribution in [3.05, 3.63) is 40.8 Å². The fourth-order valence-electron chi connectivity index (χ4n) is 1.31.